The van der Waals surface area contributed by atoms with Crippen molar-refractivity contribution in [2.45, 2.75) is 31.6 Å². The Morgan fingerprint density at radius 1 is 1.00 bits per heavy atom. The molecule has 186 valence electrons. The van der Waals surface area contributed by atoms with Crippen molar-refractivity contribution in [2.24, 2.45) is 5.10 Å². The van der Waals surface area contributed by atoms with Gasteiger partial charge in [0.1, 0.15) is 0 Å². The van der Waals surface area contributed by atoms with Crippen LogP contribution in [0.3, 0.4) is 0 Å². The standard InChI is InChI=1S/C27H33FN4O3/c28-25-18-22(17-23(26(25)33)19-29-32-13-15-35-16-14-32)27(34)31-11-7-21(8-12-31)20-3-5-24(6-4-20)30-9-1-2-10-30/h3-6,17-19,21,33H,1-2,7-16H2. The SMILES string of the molecule is O=C(c1cc(F)c(O)c(C=NN2CCOCC2)c1)N1CCC(c2ccc(N3CCCC3)cc2)CC1. The van der Waals surface area contributed by atoms with Crippen molar-refractivity contribution < 1.29 is 19.0 Å². The van der Waals surface area contributed by atoms with E-state index in [9.17, 15) is 14.3 Å². The van der Waals surface area contributed by atoms with E-state index < -0.39 is 11.6 Å². The van der Waals surface area contributed by atoms with E-state index in [1.54, 1.807) is 9.91 Å². The largest absolute Gasteiger partial charge is 0.504 e. The van der Waals surface area contributed by atoms with E-state index >= 15 is 0 Å². The molecule has 0 radical (unpaired) electrons. The van der Waals surface area contributed by atoms with Gasteiger partial charge in [-0.1, -0.05) is 12.1 Å². The van der Waals surface area contributed by atoms with Gasteiger partial charge in [-0.15, -0.1) is 0 Å². The fourth-order valence-corrected chi connectivity index (χ4v) is 5.19. The van der Waals surface area contributed by atoms with E-state index in [0.717, 1.165) is 32.0 Å². The Labute approximate surface area is 205 Å². The lowest BCUT2D eigenvalue weighted by Gasteiger charge is -2.32. The van der Waals surface area contributed by atoms with Crippen molar-refractivity contribution >= 4 is 17.8 Å². The van der Waals surface area contributed by atoms with E-state index in [-0.39, 0.29) is 17.0 Å². The first-order valence-electron chi connectivity index (χ1n) is 12.6. The highest BCUT2D eigenvalue weighted by molar-refractivity contribution is 5.97. The normalized spacial score (nSPS) is 19.6. The molecule has 0 atom stereocenters. The van der Waals surface area contributed by atoms with Gasteiger partial charge in [0.05, 0.1) is 32.5 Å². The number of phenols is 1. The van der Waals surface area contributed by atoms with Gasteiger partial charge in [0, 0.05) is 43.0 Å². The number of amides is 1. The highest BCUT2D eigenvalue weighted by Crippen LogP contribution is 2.31. The van der Waals surface area contributed by atoms with Crippen molar-refractivity contribution in [3.05, 3.63) is 58.9 Å². The Kier molecular flexibility index (Phi) is 7.18. The molecular formula is C27H33FN4O3. The van der Waals surface area contributed by atoms with Gasteiger partial charge < -0.3 is 19.6 Å². The molecule has 7 nitrogen and oxygen atoms in total. The number of ether oxygens (including phenoxy) is 1. The summed E-state index contributed by atoms with van der Waals surface area (Å²) in [5.41, 5.74) is 3.04. The Morgan fingerprint density at radius 3 is 2.37 bits per heavy atom. The minimum atomic E-state index is -0.813. The number of rotatable bonds is 5. The zero-order valence-corrected chi connectivity index (χ0v) is 20.0. The lowest BCUT2D eigenvalue weighted by Crippen LogP contribution is -2.38. The summed E-state index contributed by atoms with van der Waals surface area (Å²) in [5.74, 6) is -1.10. The van der Waals surface area contributed by atoms with Gasteiger partial charge in [-0.3, -0.25) is 9.80 Å². The molecule has 1 N–H and O–H groups in total. The van der Waals surface area contributed by atoms with E-state index in [2.05, 4.69) is 34.3 Å². The summed E-state index contributed by atoms with van der Waals surface area (Å²) >= 11 is 0. The van der Waals surface area contributed by atoms with Gasteiger partial charge in [0.2, 0.25) is 0 Å². The molecule has 0 aromatic heterocycles. The molecule has 35 heavy (non-hydrogen) atoms. The van der Waals surface area contributed by atoms with E-state index in [1.807, 2.05) is 0 Å². The number of benzene rings is 2. The highest BCUT2D eigenvalue weighted by atomic mass is 19.1. The summed E-state index contributed by atoms with van der Waals surface area (Å²) in [4.78, 5) is 17.4. The third-order valence-electron chi connectivity index (χ3n) is 7.31. The molecule has 3 heterocycles. The molecule has 3 saturated heterocycles. The summed E-state index contributed by atoms with van der Waals surface area (Å²) in [5, 5.41) is 16.3. The zero-order chi connectivity index (χ0) is 24.2. The summed E-state index contributed by atoms with van der Waals surface area (Å²) in [6.07, 6.45) is 5.70. The first-order valence-corrected chi connectivity index (χ1v) is 12.6. The molecule has 1 amide bonds. The number of hydrogen-bond acceptors (Lipinski definition) is 6. The Bertz CT molecular complexity index is 1050. The molecule has 0 unspecified atom stereocenters. The van der Waals surface area contributed by atoms with Crippen molar-refractivity contribution in [1.82, 2.24) is 9.91 Å². The van der Waals surface area contributed by atoms with Crippen LogP contribution >= 0.6 is 0 Å². The molecule has 3 aliphatic heterocycles. The number of likely N-dealkylation sites (tertiary alicyclic amines) is 1. The molecule has 2 aromatic rings. The Balaban J connectivity index is 1.21. The van der Waals surface area contributed by atoms with Crippen LogP contribution in [0.4, 0.5) is 10.1 Å². The van der Waals surface area contributed by atoms with Crippen LogP contribution in [0.2, 0.25) is 0 Å². The number of morpholine rings is 1. The second-order valence-electron chi connectivity index (χ2n) is 9.56. The van der Waals surface area contributed by atoms with Gasteiger partial charge in [-0.2, -0.15) is 5.10 Å². The average molecular weight is 481 g/mol. The first-order chi connectivity index (χ1) is 17.1. The van der Waals surface area contributed by atoms with Crippen molar-refractivity contribution in [3.8, 4) is 5.75 Å². The molecule has 5 rings (SSSR count). The van der Waals surface area contributed by atoms with Gasteiger partial charge in [0.15, 0.2) is 11.6 Å². The lowest BCUT2D eigenvalue weighted by atomic mass is 9.89. The molecule has 0 aliphatic carbocycles. The van der Waals surface area contributed by atoms with E-state index in [1.165, 1.54) is 36.4 Å². The average Bonchev–Trinajstić information content (AvgIpc) is 3.45. The minimum absolute atomic E-state index is 0.202. The van der Waals surface area contributed by atoms with E-state index in [4.69, 9.17) is 4.74 Å². The summed E-state index contributed by atoms with van der Waals surface area (Å²) in [6.45, 7) is 5.94. The van der Waals surface area contributed by atoms with Crippen molar-refractivity contribution in [2.75, 3.05) is 57.4 Å². The third kappa shape index (κ3) is 5.42. The van der Waals surface area contributed by atoms with Gasteiger partial charge in [-0.05, 0) is 61.4 Å². The fourth-order valence-electron chi connectivity index (χ4n) is 5.19. The summed E-state index contributed by atoms with van der Waals surface area (Å²) < 4.78 is 19.7. The number of aromatic hydroxyl groups is 1. The van der Waals surface area contributed by atoms with Gasteiger partial charge >= 0.3 is 0 Å². The van der Waals surface area contributed by atoms with Crippen LogP contribution < -0.4 is 4.90 Å². The van der Waals surface area contributed by atoms with Crippen LogP contribution in [0.1, 0.15) is 53.1 Å². The second kappa shape index (κ2) is 10.6. The quantitative estimate of drug-likeness (QED) is 0.659. The molecule has 0 saturated carbocycles. The molecule has 2 aromatic carbocycles. The molecular weight excluding hydrogens is 447 g/mol. The maximum Gasteiger partial charge on any atom is 0.253 e. The molecule has 3 fully saturated rings. The third-order valence-corrected chi connectivity index (χ3v) is 7.31. The lowest BCUT2D eigenvalue weighted by molar-refractivity contribution is 0.0397. The number of phenolic OH excluding ortho intramolecular Hbond substituents is 1. The number of nitrogens with zero attached hydrogens (tertiary/aromatic N) is 4. The number of halogens is 1. The first kappa shape index (κ1) is 23.6. The van der Waals surface area contributed by atoms with Crippen LogP contribution in [0, 0.1) is 5.82 Å². The highest BCUT2D eigenvalue weighted by Gasteiger charge is 2.26. The van der Waals surface area contributed by atoms with E-state index in [0.29, 0.717) is 45.3 Å². The molecule has 0 spiro atoms. The number of carbonyl (C=O) groups is 1. The fraction of sp³-hybridized carbons (Fsp3) is 0.481. The summed E-state index contributed by atoms with van der Waals surface area (Å²) in [6, 6.07) is 11.5. The minimum Gasteiger partial charge on any atom is -0.504 e. The Hall–Kier alpha value is -3.13. The number of anilines is 1. The number of piperidine rings is 1. The topological polar surface area (TPSA) is 68.6 Å². The maximum absolute atomic E-state index is 14.4. The van der Waals surface area contributed by atoms with Gasteiger partial charge in [-0.25, -0.2) is 4.39 Å². The zero-order valence-electron chi connectivity index (χ0n) is 20.0. The Morgan fingerprint density at radius 2 is 1.69 bits per heavy atom. The molecule has 0 bridgehead atoms. The maximum atomic E-state index is 14.4. The van der Waals surface area contributed by atoms with Crippen molar-refractivity contribution in [1.29, 1.82) is 0 Å². The van der Waals surface area contributed by atoms with Crippen LogP contribution in [0.5, 0.6) is 5.75 Å². The van der Waals surface area contributed by atoms with Crippen molar-refractivity contribution in [3.63, 3.8) is 0 Å². The van der Waals surface area contributed by atoms with Crippen LogP contribution in [-0.2, 0) is 4.74 Å². The summed E-state index contributed by atoms with van der Waals surface area (Å²) in [7, 11) is 0. The number of hydrogen-bond donors (Lipinski definition) is 1. The monoisotopic (exact) mass is 480 g/mol. The number of carbonyl (C=O) groups excluding carboxylic acids is 1. The number of hydrazone groups is 1. The second-order valence-corrected chi connectivity index (χ2v) is 9.56. The molecule has 8 heteroatoms. The van der Waals surface area contributed by atoms with Crippen LogP contribution in [0.25, 0.3) is 0 Å². The van der Waals surface area contributed by atoms with Crippen LogP contribution in [0.15, 0.2) is 41.5 Å². The predicted molar refractivity (Wildman–Crippen MR) is 134 cm³/mol. The van der Waals surface area contributed by atoms with Gasteiger partial charge in [0.25, 0.3) is 5.91 Å². The van der Waals surface area contributed by atoms with Crippen LogP contribution in [-0.4, -0.2) is 79.6 Å². The molecule has 3 aliphatic rings. The smallest absolute Gasteiger partial charge is 0.253 e. The predicted octanol–water partition coefficient (Wildman–Crippen LogP) is 3.82.